The van der Waals surface area contributed by atoms with Gasteiger partial charge in [-0.05, 0) is 26.2 Å². The van der Waals surface area contributed by atoms with Crippen LogP contribution in [-0.2, 0) is 9.59 Å². The van der Waals surface area contributed by atoms with Crippen LogP contribution in [0.2, 0.25) is 0 Å². The van der Waals surface area contributed by atoms with Gasteiger partial charge in [0.05, 0.1) is 5.41 Å². The average molecular weight is 197 g/mol. The average Bonchev–Trinajstić information content (AvgIpc) is 1.94. The zero-order chi connectivity index (χ0) is 10.6. The highest BCUT2D eigenvalue weighted by Gasteiger charge is 2.63. The Labute approximate surface area is 82.9 Å². The summed E-state index contributed by atoms with van der Waals surface area (Å²) in [6, 6.07) is 0. The summed E-state index contributed by atoms with van der Waals surface area (Å²) in [7, 11) is 0. The van der Waals surface area contributed by atoms with Crippen LogP contribution in [0.25, 0.3) is 0 Å². The minimum absolute atomic E-state index is 0.0729. The number of carbonyl (C=O) groups excluding carboxylic acids is 1. The smallest absolute Gasteiger partial charge is 0.309 e. The highest BCUT2D eigenvalue weighted by molar-refractivity contribution is 5.79. The summed E-state index contributed by atoms with van der Waals surface area (Å²) in [5.41, 5.74) is -0.701. The third kappa shape index (κ3) is 0.996. The Bertz CT molecular complexity index is 304. The molecule has 1 aliphatic carbocycles. The van der Waals surface area contributed by atoms with Crippen LogP contribution < -0.4 is 0 Å². The first-order valence-corrected chi connectivity index (χ1v) is 4.91. The molecule has 1 amide bonds. The van der Waals surface area contributed by atoms with Gasteiger partial charge in [-0.1, -0.05) is 0 Å². The Kier molecular flexibility index (Phi) is 1.69. The molecule has 2 aliphatic rings. The van der Waals surface area contributed by atoms with Crippen molar-refractivity contribution in [1.82, 2.24) is 4.90 Å². The molecule has 0 aromatic heterocycles. The number of amides is 1. The second-order valence-corrected chi connectivity index (χ2v) is 4.86. The summed E-state index contributed by atoms with van der Waals surface area (Å²) in [5, 5.41) is 8.97. The van der Waals surface area contributed by atoms with E-state index >= 15 is 0 Å². The molecule has 1 spiro atoms. The maximum Gasteiger partial charge on any atom is 0.309 e. The van der Waals surface area contributed by atoms with E-state index in [4.69, 9.17) is 5.11 Å². The quantitative estimate of drug-likeness (QED) is 0.678. The van der Waals surface area contributed by atoms with Gasteiger partial charge >= 0.3 is 5.97 Å². The number of carboxylic acid groups (broad SMARTS) is 1. The van der Waals surface area contributed by atoms with Crippen LogP contribution in [0, 0.1) is 5.41 Å². The zero-order valence-electron chi connectivity index (χ0n) is 8.54. The SMILES string of the molecule is CC(=O)N1CCC12CC(C)(C(=O)O)C2. The number of rotatable bonds is 1. The van der Waals surface area contributed by atoms with Gasteiger partial charge in [0.25, 0.3) is 0 Å². The van der Waals surface area contributed by atoms with Gasteiger partial charge in [0, 0.05) is 19.0 Å². The van der Waals surface area contributed by atoms with Crippen LogP contribution in [-0.4, -0.2) is 34.0 Å². The first-order chi connectivity index (χ1) is 6.40. The Morgan fingerprint density at radius 3 is 2.21 bits per heavy atom. The Balaban J connectivity index is 2.06. The number of hydrogen-bond donors (Lipinski definition) is 1. The van der Waals surface area contributed by atoms with Crippen molar-refractivity contribution < 1.29 is 14.7 Å². The van der Waals surface area contributed by atoms with Gasteiger partial charge < -0.3 is 10.0 Å². The Morgan fingerprint density at radius 1 is 1.36 bits per heavy atom. The first-order valence-electron chi connectivity index (χ1n) is 4.91. The molecule has 4 heteroatoms. The van der Waals surface area contributed by atoms with Crippen molar-refractivity contribution in [3.8, 4) is 0 Å². The molecule has 1 saturated carbocycles. The van der Waals surface area contributed by atoms with Gasteiger partial charge in [-0.25, -0.2) is 0 Å². The van der Waals surface area contributed by atoms with E-state index in [-0.39, 0.29) is 11.4 Å². The summed E-state index contributed by atoms with van der Waals surface area (Å²) >= 11 is 0. The van der Waals surface area contributed by atoms with E-state index < -0.39 is 11.4 Å². The lowest BCUT2D eigenvalue weighted by atomic mass is 9.53. The van der Waals surface area contributed by atoms with E-state index in [1.165, 1.54) is 0 Å². The highest BCUT2D eigenvalue weighted by Crippen LogP contribution is 2.57. The Hall–Kier alpha value is -1.06. The van der Waals surface area contributed by atoms with Crippen LogP contribution in [0.15, 0.2) is 0 Å². The summed E-state index contributed by atoms with van der Waals surface area (Å²) in [5.74, 6) is -0.665. The zero-order valence-corrected chi connectivity index (χ0v) is 8.54. The summed E-state index contributed by atoms with van der Waals surface area (Å²) < 4.78 is 0. The van der Waals surface area contributed by atoms with Gasteiger partial charge in [-0.15, -0.1) is 0 Å². The number of nitrogens with zero attached hydrogens (tertiary/aromatic N) is 1. The molecule has 1 heterocycles. The summed E-state index contributed by atoms with van der Waals surface area (Å²) in [6.07, 6.45) is 2.21. The topological polar surface area (TPSA) is 57.6 Å². The molecule has 0 radical (unpaired) electrons. The van der Waals surface area contributed by atoms with Gasteiger partial charge in [-0.2, -0.15) is 0 Å². The van der Waals surface area contributed by atoms with Crippen molar-refractivity contribution >= 4 is 11.9 Å². The first kappa shape index (κ1) is 9.49. The second-order valence-electron chi connectivity index (χ2n) is 4.86. The lowest BCUT2D eigenvalue weighted by Gasteiger charge is -2.64. The normalized spacial score (nSPS) is 40.3. The van der Waals surface area contributed by atoms with E-state index in [9.17, 15) is 9.59 Å². The van der Waals surface area contributed by atoms with Crippen LogP contribution in [0.1, 0.15) is 33.1 Å². The fraction of sp³-hybridized carbons (Fsp3) is 0.800. The molecular weight excluding hydrogens is 182 g/mol. The third-order valence-electron chi connectivity index (χ3n) is 3.71. The van der Waals surface area contributed by atoms with Crippen molar-refractivity contribution in [2.75, 3.05) is 6.54 Å². The van der Waals surface area contributed by atoms with Crippen molar-refractivity contribution in [2.24, 2.45) is 5.41 Å². The minimum Gasteiger partial charge on any atom is -0.481 e. The molecule has 0 unspecified atom stereocenters. The van der Waals surface area contributed by atoms with Gasteiger partial charge in [-0.3, -0.25) is 9.59 Å². The monoisotopic (exact) mass is 197 g/mol. The molecule has 14 heavy (non-hydrogen) atoms. The number of likely N-dealkylation sites (tertiary alicyclic amines) is 1. The fourth-order valence-corrected chi connectivity index (χ4v) is 2.95. The Morgan fingerprint density at radius 2 is 1.93 bits per heavy atom. The van der Waals surface area contributed by atoms with E-state index in [1.807, 2.05) is 4.90 Å². The fourth-order valence-electron chi connectivity index (χ4n) is 2.95. The predicted molar refractivity (Wildman–Crippen MR) is 49.7 cm³/mol. The van der Waals surface area contributed by atoms with Crippen molar-refractivity contribution in [1.29, 1.82) is 0 Å². The van der Waals surface area contributed by atoms with E-state index in [1.54, 1.807) is 13.8 Å². The molecule has 0 aromatic rings. The molecule has 1 saturated heterocycles. The van der Waals surface area contributed by atoms with Crippen molar-refractivity contribution in [3.63, 3.8) is 0 Å². The predicted octanol–water partition coefficient (Wildman–Crippen LogP) is 0.862. The minimum atomic E-state index is -0.737. The van der Waals surface area contributed by atoms with Crippen LogP contribution in [0.5, 0.6) is 0 Å². The van der Waals surface area contributed by atoms with Crippen LogP contribution in [0.3, 0.4) is 0 Å². The summed E-state index contributed by atoms with van der Waals surface area (Å²) in [6.45, 7) is 4.11. The van der Waals surface area contributed by atoms with E-state index in [2.05, 4.69) is 0 Å². The molecule has 1 N–H and O–H groups in total. The standard InChI is InChI=1S/C10H15NO3/c1-7(12)11-4-3-10(11)5-9(2,6-10)8(13)14/h3-6H2,1-2H3,(H,13,14). The van der Waals surface area contributed by atoms with E-state index in [0.717, 1.165) is 13.0 Å². The lowest BCUT2D eigenvalue weighted by molar-refractivity contribution is -0.188. The molecular formula is C10H15NO3. The molecule has 0 atom stereocenters. The maximum absolute atomic E-state index is 11.2. The maximum atomic E-state index is 11.2. The van der Waals surface area contributed by atoms with E-state index in [0.29, 0.717) is 12.8 Å². The summed E-state index contributed by atoms with van der Waals surface area (Å²) in [4.78, 5) is 23.9. The number of hydrogen-bond acceptors (Lipinski definition) is 2. The second kappa shape index (κ2) is 2.49. The number of carboxylic acids is 1. The molecule has 78 valence electrons. The van der Waals surface area contributed by atoms with Crippen LogP contribution >= 0.6 is 0 Å². The lowest BCUT2D eigenvalue weighted by Crippen LogP contribution is -2.71. The molecule has 0 aromatic carbocycles. The molecule has 1 aliphatic heterocycles. The number of carbonyl (C=O) groups is 2. The molecule has 0 bridgehead atoms. The van der Waals surface area contributed by atoms with Gasteiger partial charge in [0.1, 0.15) is 0 Å². The number of aliphatic carboxylic acids is 1. The van der Waals surface area contributed by atoms with Crippen LogP contribution in [0.4, 0.5) is 0 Å². The third-order valence-corrected chi connectivity index (χ3v) is 3.71. The van der Waals surface area contributed by atoms with Gasteiger partial charge in [0.15, 0.2) is 0 Å². The molecule has 2 fully saturated rings. The van der Waals surface area contributed by atoms with Crippen molar-refractivity contribution in [2.45, 2.75) is 38.6 Å². The molecule has 2 rings (SSSR count). The van der Waals surface area contributed by atoms with Crippen molar-refractivity contribution in [3.05, 3.63) is 0 Å². The largest absolute Gasteiger partial charge is 0.481 e. The van der Waals surface area contributed by atoms with Gasteiger partial charge in [0.2, 0.25) is 5.91 Å². The highest BCUT2D eigenvalue weighted by atomic mass is 16.4. The molecule has 4 nitrogen and oxygen atoms in total.